The van der Waals surface area contributed by atoms with Gasteiger partial charge in [-0.05, 0) is 39.0 Å². The average Bonchev–Trinajstić information content (AvgIpc) is 2.63. The van der Waals surface area contributed by atoms with Gasteiger partial charge in [-0.25, -0.2) is 5.48 Å². The number of rotatable bonds is 18. The number of carbonyl (C=O) groups is 1. The van der Waals surface area contributed by atoms with Crippen LogP contribution < -0.4 is 5.48 Å². The molecule has 0 aromatic rings. The van der Waals surface area contributed by atoms with E-state index in [-0.39, 0.29) is 11.7 Å². The Kier molecular flexibility index (Phi) is 16.9. The second-order valence-electron chi connectivity index (χ2n) is 6.79. The lowest BCUT2D eigenvalue weighted by atomic mass is 10.1. The van der Waals surface area contributed by atoms with Gasteiger partial charge in [-0.1, -0.05) is 70.4 Å². The molecule has 0 aromatic carbocycles. The summed E-state index contributed by atoms with van der Waals surface area (Å²) in [5.41, 5.74) is 1.99. The van der Waals surface area contributed by atoms with E-state index < -0.39 is 10.1 Å². The van der Waals surface area contributed by atoms with Crippen molar-refractivity contribution in [3.63, 3.8) is 0 Å². The first-order valence-corrected chi connectivity index (χ1v) is 11.9. The van der Waals surface area contributed by atoms with E-state index in [1.807, 2.05) is 5.48 Å². The van der Waals surface area contributed by atoms with Gasteiger partial charge >= 0.3 is 0 Å². The predicted molar refractivity (Wildman–Crippen MR) is 108 cm³/mol. The smallest absolute Gasteiger partial charge is 0.273 e. The molecule has 5 nitrogen and oxygen atoms in total. The fourth-order valence-corrected chi connectivity index (χ4v) is 2.91. The molecule has 0 aromatic heterocycles. The van der Waals surface area contributed by atoms with Gasteiger partial charge in [0.05, 0.1) is 5.75 Å². The highest BCUT2D eigenvalue weighted by molar-refractivity contribution is 7.86. The second kappa shape index (κ2) is 17.5. The van der Waals surface area contributed by atoms with Gasteiger partial charge in [0.2, 0.25) is 5.91 Å². The van der Waals surface area contributed by atoms with Crippen LogP contribution in [0.25, 0.3) is 0 Å². The minimum Gasteiger partial charge on any atom is -0.273 e. The fourth-order valence-electron chi connectivity index (χ4n) is 2.58. The van der Waals surface area contributed by atoms with Crippen molar-refractivity contribution >= 4 is 16.0 Å². The standard InChI is InChI=1S/C20H39NO4S/c1-3-5-6-7-8-9-10-11-12-13-14-15-16-17-18-19-20(22)21-25-26(23,24)4-2/h11-12H,3-10,13-19H2,1-2H3,(H,21,22)/b12-11-. The molecule has 0 spiro atoms. The van der Waals surface area contributed by atoms with E-state index in [9.17, 15) is 13.2 Å². The van der Waals surface area contributed by atoms with Gasteiger partial charge in [-0.2, -0.15) is 8.42 Å². The van der Waals surface area contributed by atoms with Crippen molar-refractivity contribution in [1.29, 1.82) is 0 Å². The number of hydrogen-bond acceptors (Lipinski definition) is 4. The minimum atomic E-state index is -3.61. The highest BCUT2D eigenvalue weighted by atomic mass is 32.2. The van der Waals surface area contributed by atoms with Crippen molar-refractivity contribution in [1.82, 2.24) is 5.48 Å². The van der Waals surface area contributed by atoms with Crippen LogP contribution in [0, 0.1) is 0 Å². The molecular formula is C20H39NO4S. The monoisotopic (exact) mass is 389 g/mol. The topological polar surface area (TPSA) is 72.5 Å². The largest absolute Gasteiger partial charge is 0.287 e. The Morgan fingerprint density at radius 1 is 0.808 bits per heavy atom. The van der Waals surface area contributed by atoms with Crippen LogP contribution in [0.15, 0.2) is 12.2 Å². The van der Waals surface area contributed by atoms with Crippen LogP contribution in [0.1, 0.15) is 104 Å². The number of allylic oxidation sites excluding steroid dienone is 2. The lowest BCUT2D eigenvalue weighted by Gasteiger charge is -2.04. The molecule has 0 rings (SSSR count). The molecule has 0 unspecified atom stereocenters. The van der Waals surface area contributed by atoms with Crippen LogP contribution in [-0.4, -0.2) is 20.1 Å². The molecule has 0 fully saturated rings. The Morgan fingerprint density at radius 3 is 1.85 bits per heavy atom. The highest BCUT2D eigenvalue weighted by Crippen LogP contribution is 2.10. The Labute approximate surface area is 161 Å². The van der Waals surface area contributed by atoms with Gasteiger partial charge in [0, 0.05) is 6.42 Å². The molecule has 1 N–H and O–H groups in total. The number of nitrogens with one attached hydrogen (secondary N) is 1. The number of carbonyl (C=O) groups excluding carboxylic acids is 1. The fraction of sp³-hybridized carbons (Fsp3) is 0.850. The summed E-state index contributed by atoms with van der Waals surface area (Å²) in [5, 5.41) is 0. The van der Waals surface area contributed by atoms with Crippen molar-refractivity contribution in [2.75, 3.05) is 5.75 Å². The zero-order chi connectivity index (χ0) is 19.5. The Bertz CT molecular complexity index is 460. The third-order valence-corrected chi connectivity index (χ3v) is 5.35. The molecule has 0 heterocycles. The highest BCUT2D eigenvalue weighted by Gasteiger charge is 2.10. The summed E-state index contributed by atoms with van der Waals surface area (Å²) in [7, 11) is -3.61. The molecule has 1 amide bonds. The first kappa shape index (κ1) is 25.1. The normalized spacial score (nSPS) is 11.9. The predicted octanol–water partition coefficient (Wildman–Crippen LogP) is 5.42. The first-order chi connectivity index (χ1) is 12.5. The van der Waals surface area contributed by atoms with Crippen LogP contribution >= 0.6 is 0 Å². The lowest BCUT2D eigenvalue weighted by Crippen LogP contribution is -2.27. The molecule has 0 saturated carbocycles. The summed E-state index contributed by atoms with van der Waals surface area (Å²) in [6.07, 6.45) is 20.6. The zero-order valence-corrected chi connectivity index (χ0v) is 17.6. The maximum atomic E-state index is 11.4. The molecular weight excluding hydrogens is 350 g/mol. The third-order valence-electron chi connectivity index (χ3n) is 4.30. The van der Waals surface area contributed by atoms with Crippen LogP contribution in [0.3, 0.4) is 0 Å². The summed E-state index contributed by atoms with van der Waals surface area (Å²) in [6, 6.07) is 0. The van der Waals surface area contributed by atoms with Gasteiger partial charge in [0.1, 0.15) is 0 Å². The maximum Gasteiger partial charge on any atom is 0.287 e. The molecule has 0 radical (unpaired) electrons. The van der Waals surface area contributed by atoms with E-state index in [1.54, 1.807) is 0 Å². The van der Waals surface area contributed by atoms with Gasteiger partial charge in [0.25, 0.3) is 10.1 Å². The summed E-state index contributed by atoms with van der Waals surface area (Å²) >= 11 is 0. The van der Waals surface area contributed by atoms with Crippen molar-refractivity contribution in [2.24, 2.45) is 0 Å². The van der Waals surface area contributed by atoms with Gasteiger partial charge < -0.3 is 0 Å². The number of unbranched alkanes of at least 4 members (excludes halogenated alkanes) is 11. The van der Waals surface area contributed by atoms with Crippen LogP contribution in [-0.2, 0) is 19.2 Å². The molecule has 6 heteroatoms. The van der Waals surface area contributed by atoms with E-state index in [1.165, 1.54) is 64.7 Å². The maximum absolute atomic E-state index is 11.4. The second-order valence-corrected chi connectivity index (χ2v) is 8.65. The van der Waals surface area contributed by atoms with Gasteiger partial charge in [-0.15, -0.1) is 4.28 Å². The van der Waals surface area contributed by atoms with Crippen LogP contribution in [0.2, 0.25) is 0 Å². The van der Waals surface area contributed by atoms with Gasteiger partial charge in [-0.3, -0.25) is 4.79 Å². The Hall–Kier alpha value is -0.880. The number of amides is 1. The summed E-state index contributed by atoms with van der Waals surface area (Å²) in [5.74, 6) is -0.527. The van der Waals surface area contributed by atoms with E-state index in [4.69, 9.17) is 0 Å². The average molecular weight is 390 g/mol. The molecule has 0 aliphatic rings. The molecule has 0 aliphatic carbocycles. The Morgan fingerprint density at radius 2 is 1.31 bits per heavy atom. The van der Waals surface area contributed by atoms with Crippen molar-refractivity contribution in [3.8, 4) is 0 Å². The van der Waals surface area contributed by atoms with Crippen molar-refractivity contribution in [3.05, 3.63) is 12.2 Å². The SMILES string of the molecule is CCCCCCCC/C=C\CCCCCCCC(=O)NOS(=O)(=O)CC. The molecule has 154 valence electrons. The van der Waals surface area contributed by atoms with Crippen LogP contribution in [0.5, 0.6) is 0 Å². The first-order valence-electron chi connectivity index (χ1n) is 10.4. The third kappa shape index (κ3) is 17.9. The minimum absolute atomic E-state index is 0.152. The summed E-state index contributed by atoms with van der Waals surface area (Å²) < 4.78 is 26.5. The summed E-state index contributed by atoms with van der Waals surface area (Å²) in [4.78, 5) is 11.4. The van der Waals surface area contributed by atoms with Crippen LogP contribution in [0.4, 0.5) is 0 Å². The number of hydrogen-bond donors (Lipinski definition) is 1. The van der Waals surface area contributed by atoms with Crippen molar-refractivity contribution < 1.29 is 17.5 Å². The number of hydroxylamine groups is 1. The molecule has 0 aliphatic heterocycles. The molecule has 0 atom stereocenters. The van der Waals surface area contributed by atoms with E-state index in [0.717, 1.165) is 25.7 Å². The quantitative estimate of drug-likeness (QED) is 0.193. The molecule has 0 bridgehead atoms. The molecule has 0 saturated heterocycles. The van der Waals surface area contributed by atoms with E-state index in [0.29, 0.717) is 6.42 Å². The zero-order valence-electron chi connectivity index (χ0n) is 16.8. The van der Waals surface area contributed by atoms with E-state index >= 15 is 0 Å². The Balaban J connectivity index is 3.33. The lowest BCUT2D eigenvalue weighted by molar-refractivity contribution is -0.127. The summed E-state index contributed by atoms with van der Waals surface area (Å²) in [6.45, 7) is 3.71. The van der Waals surface area contributed by atoms with Crippen molar-refractivity contribution in [2.45, 2.75) is 104 Å². The molecule has 26 heavy (non-hydrogen) atoms. The van der Waals surface area contributed by atoms with Gasteiger partial charge in [0.15, 0.2) is 0 Å². The van der Waals surface area contributed by atoms with E-state index in [2.05, 4.69) is 23.4 Å².